The topological polar surface area (TPSA) is 132 Å². The molecule has 0 aliphatic carbocycles. The molecule has 3 N–H and O–H groups in total. The summed E-state index contributed by atoms with van der Waals surface area (Å²) in [6.45, 7) is 0.229. The van der Waals surface area contributed by atoms with Gasteiger partial charge in [-0.05, 0) is 37.3 Å². The predicted molar refractivity (Wildman–Crippen MR) is 107 cm³/mol. The number of hydrogen-bond acceptors (Lipinski definition) is 9. The molecule has 1 fully saturated rings. The van der Waals surface area contributed by atoms with Gasteiger partial charge in [0, 0.05) is 22.3 Å². The highest BCUT2D eigenvalue weighted by Crippen LogP contribution is 2.56. The Hall–Kier alpha value is -1.63. The van der Waals surface area contributed by atoms with E-state index in [0.29, 0.717) is 10.6 Å². The number of fused-ring (bicyclic) bond motifs is 1. The van der Waals surface area contributed by atoms with Crippen molar-refractivity contribution < 1.29 is 37.5 Å². The van der Waals surface area contributed by atoms with Crippen LogP contribution in [0, 0.1) is 11.7 Å². The molecule has 2 aliphatic heterocycles. The molecular weight excluding hydrogens is 478 g/mol. The van der Waals surface area contributed by atoms with Crippen molar-refractivity contribution in [1.82, 2.24) is 9.55 Å². The van der Waals surface area contributed by atoms with E-state index in [9.17, 15) is 19.6 Å². The van der Waals surface area contributed by atoms with Crippen LogP contribution in [0.3, 0.4) is 0 Å². The highest BCUT2D eigenvalue weighted by atomic mass is 35.5. The predicted octanol–water partition coefficient (Wildman–Crippen LogP) is 2.52. The number of alkyl halides is 1. The molecule has 1 aromatic heterocycles. The number of nitrogens with zero attached hydrogens (tertiary/aromatic N) is 1. The zero-order valence-electron chi connectivity index (χ0n) is 15.9. The standard InChI is InChI=1S/C17H17ClFN2O8PS/c1-8-5-21(16(31)20-14(8)24)15-12(22)13(23)17(19,28-15)7-27-30(25)26-6-9-4-10(18)2-3-11(9)29-30/h2-5,12-13,15,22-23H,6-7H2,1H3,(H,20,24,31)/t12-,13+,15-,17-,30?/m1/s1. The maximum Gasteiger partial charge on any atom is 0.530 e. The van der Waals surface area contributed by atoms with Gasteiger partial charge in [-0.1, -0.05) is 11.6 Å². The number of nitrogens with one attached hydrogen (secondary N) is 1. The second-order valence-corrected chi connectivity index (χ2v) is 9.46. The number of H-pyrrole nitrogens is 1. The number of aryl methyl sites for hydroxylation is 1. The summed E-state index contributed by atoms with van der Waals surface area (Å²) in [5.41, 5.74) is 0.280. The second-order valence-electron chi connectivity index (χ2n) is 7.05. The number of phosphoric acid groups is 1. The minimum Gasteiger partial charge on any atom is -0.404 e. The lowest BCUT2D eigenvalue weighted by Crippen LogP contribution is -2.43. The van der Waals surface area contributed by atoms with E-state index in [4.69, 9.17) is 42.1 Å². The Morgan fingerprint density at radius 1 is 1.48 bits per heavy atom. The normalized spacial score (nSPS) is 32.5. The number of halogens is 2. The third kappa shape index (κ3) is 4.22. The van der Waals surface area contributed by atoms with Crippen molar-refractivity contribution in [3.05, 3.63) is 55.7 Å². The van der Waals surface area contributed by atoms with Crippen molar-refractivity contribution in [2.45, 2.75) is 37.8 Å². The second kappa shape index (κ2) is 8.05. The van der Waals surface area contributed by atoms with Crippen molar-refractivity contribution in [2.24, 2.45) is 0 Å². The van der Waals surface area contributed by atoms with Gasteiger partial charge in [-0.2, -0.15) is 0 Å². The van der Waals surface area contributed by atoms with Gasteiger partial charge in [-0.15, -0.1) is 0 Å². The zero-order chi connectivity index (χ0) is 22.6. The molecule has 5 atom stereocenters. The number of hydrogen-bond donors (Lipinski definition) is 3. The number of aromatic nitrogens is 2. The smallest absolute Gasteiger partial charge is 0.404 e. The van der Waals surface area contributed by atoms with Gasteiger partial charge in [-0.3, -0.25) is 23.4 Å². The monoisotopic (exact) mass is 494 g/mol. The molecule has 0 amide bonds. The minimum atomic E-state index is -4.25. The van der Waals surface area contributed by atoms with Gasteiger partial charge in [-0.25, -0.2) is 8.96 Å². The summed E-state index contributed by atoms with van der Waals surface area (Å²) in [4.78, 5) is 14.0. The molecule has 2 aliphatic rings. The van der Waals surface area contributed by atoms with Gasteiger partial charge < -0.3 is 19.5 Å². The lowest BCUT2D eigenvalue weighted by Gasteiger charge is -2.28. The van der Waals surface area contributed by atoms with Gasteiger partial charge in [0.25, 0.3) is 11.4 Å². The first kappa shape index (κ1) is 22.6. The number of aliphatic hydroxyl groups excluding tert-OH is 2. The van der Waals surface area contributed by atoms with E-state index >= 15 is 4.39 Å². The molecule has 0 saturated carbocycles. The molecule has 1 saturated heterocycles. The highest BCUT2D eigenvalue weighted by molar-refractivity contribution is 7.71. The molecule has 10 nitrogen and oxygen atoms in total. The van der Waals surface area contributed by atoms with Crippen LogP contribution >= 0.6 is 31.6 Å². The lowest BCUT2D eigenvalue weighted by atomic mass is 10.1. The van der Waals surface area contributed by atoms with Crippen molar-refractivity contribution in [1.29, 1.82) is 0 Å². The molecule has 14 heteroatoms. The van der Waals surface area contributed by atoms with E-state index in [0.717, 1.165) is 4.57 Å². The highest BCUT2D eigenvalue weighted by Gasteiger charge is 2.57. The zero-order valence-corrected chi connectivity index (χ0v) is 18.3. The van der Waals surface area contributed by atoms with Crippen LogP contribution in [0.4, 0.5) is 4.39 Å². The van der Waals surface area contributed by atoms with Gasteiger partial charge in [0.2, 0.25) is 0 Å². The van der Waals surface area contributed by atoms with E-state index < -0.39 is 44.3 Å². The van der Waals surface area contributed by atoms with E-state index in [-0.39, 0.29) is 22.7 Å². The summed E-state index contributed by atoms with van der Waals surface area (Å²) < 4.78 is 49.6. The maximum atomic E-state index is 15.4. The molecule has 2 aromatic rings. The summed E-state index contributed by atoms with van der Waals surface area (Å²) in [6, 6.07) is 4.52. The molecule has 1 unspecified atom stereocenters. The van der Waals surface area contributed by atoms with E-state index in [1.807, 2.05) is 0 Å². The molecule has 0 spiro atoms. The van der Waals surface area contributed by atoms with Gasteiger partial charge >= 0.3 is 7.82 Å². The molecule has 3 heterocycles. The summed E-state index contributed by atoms with van der Waals surface area (Å²) in [5, 5.41) is 21.0. The van der Waals surface area contributed by atoms with Crippen LogP contribution in [0.15, 0.2) is 29.2 Å². The number of phosphoric ester groups is 1. The van der Waals surface area contributed by atoms with E-state index in [1.54, 1.807) is 6.07 Å². The summed E-state index contributed by atoms with van der Waals surface area (Å²) in [6.07, 6.45) is -4.09. The molecule has 168 valence electrons. The van der Waals surface area contributed by atoms with Crippen LogP contribution in [-0.2, 0) is 25.0 Å². The van der Waals surface area contributed by atoms with Crippen molar-refractivity contribution >= 4 is 31.6 Å². The van der Waals surface area contributed by atoms with Crippen molar-refractivity contribution in [3.8, 4) is 5.75 Å². The Labute approximate surface area is 184 Å². The lowest BCUT2D eigenvalue weighted by molar-refractivity contribution is -0.205. The van der Waals surface area contributed by atoms with Gasteiger partial charge in [0.05, 0.1) is 6.61 Å². The number of rotatable bonds is 4. The Bertz CT molecular complexity index is 1190. The average molecular weight is 495 g/mol. The minimum absolute atomic E-state index is 0.154. The summed E-state index contributed by atoms with van der Waals surface area (Å²) >= 11 is 10.9. The van der Waals surface area contributed by atoms with Gasteiger partial charge in [0.1, 0.15) is 24.6 Å². The van der Waals surface area contributed by atoms with Crippen LogP contribution < -0.4 is 10.1 Å². The summed E-state index contributed by atoms with van der Waals surface area (Å²) in [7, 11) is -4.25. The number of aliphatic hydroxyl groups is 2. The van der Waals surface area contributed by atoms with Crippen molar-refractivity contribution in [2.75, 3.05) is 6.61 Å². The van der Waals surface area contributed by atoms with Crippen molar-refractivity contribution in [3.63, 3.8) is 0 Å². The molecule has 0 radical (unpaired) electrons. The quantitative estimate of drug-likeness (QED) is 0.433. The SMILES string of the molecule is Cc1cn([C@@H]2O[C@](F)(COP3(=O)OCc4cc(Cl)ccc4O3)[C@@H](O)[C@H]2O)c(=S)[nH]c1=O. The molecule has 0 bridgehead atoms. The van der Waals surface area contributed by atoms with Gasteiger partial charge in [0.15, 0.2) is 11.0 Å². The Balaban J connectivity index is 1.52. The molecule has 1 aromatic carbocycles. The Morgan fingerprint density at radius 2 is 2.23 bits per heavy atom. The third-order valence-electron chi connectivity index (χ3n) is 4.82. The van der Waals surface area contributed by atoms with E-state index in [1.165, 1.54) is 25.3 Å². The number of benzene rings is 1. The first-order valence-corrected chi connectivity index (χ1v) is 11.2. The average Bonchev–Trinajstić information content (AvgIpc) is 2.94. The van der Waals surface area contributed by atoms with E-state index in [2.05, 4.69) is 4.98 Å². The summed E-state index contributed by atoms with van der Waals surface area (Å²) in [5.74, 6) is -2.79. The first-order valence-electron chi connectivity index (χ1n) is 8.93. The van der Waals surface area contributed by atoms with Crippen LogP contribution in [0.2, 0.25) is 5.02 Å². The molecular formula is C17H17ClFN2O8PS. The maximum absolute atomic E-state index is 15.4. The fourth-order valence-electron chi connectivity index (χ4n) is 3.14. The number of ether oxygens (including phenoxy) is 1. The first-order chi connectivity index (χ1) is 14.5. The third-order valence-corrected chi connectivity index (χ3v) is 6.68. The number of aromatic amines is 1. The molecule has 4 rings (SSSR count). The van der Waals surface area contributed by atoms with Crippen LogP contribution in [0.5, 0.6) is 5.75 Å². The van der Waals surface area contributed by atoms with Crippen LogP contribution in [-0.4, -0.2) is 44.4 Å². The fourth-order valence-corrected chi connectivity index (χ4v) is 4.82. The fraction of sp³-hybridized carbons (Fsp3) is 0.412. The van der Waals surface area contributed by atoms with Crippen LogP contribution in [0.1, 0.15) is 17.4 Å². The largest absolute Gasteiger partial charge is 0.530 e. The Morgan fingerprint density at radius 3 is 2.97 bits per heavy atom. The Kier molecular flexibility index (Phi) is 5.86. The van der Waals surface area contributed by atoms with Crippen LogP contribution in [0.25, 0.3) is 0 Å². The molecule has 31 heavy (non-hydrogen) atoms.